The number of ether oxygens (including phenoxy) is 5. The highest BCUT2D eigenvalue weighted by molar-refractivity contribution is 5.76. The van der Waals surface area contributed by atoms with Crippen LogP contribution < -0.4 is 0 Å². The van der Waals surface area contributed by atoms with Gasteiger partial charge in [-0.1, -0.05) is 121 Å². The summed E-state index contributed by atoms with van der Waals surface area (Å²) in [6.07, 6.45) is -3.46. The van der Waals surface area contributed by atoms with Gasteiger partial charge in [-0.25, -0.2) is 4.79 Å². The second kappa shape index (κ2) is 13.8. The Hall–Kier alpha value is -3.81. The maximum atomic E-state index is 13.3. The van der Waals surface area contributed by atoms with E-state index in [0.717, 1.165) is 22.3 Å². The van der Waals surface area contributed by atoms with Crippen LogP contribution in [0.1, 0.15) is 22.3 Å². The zero-order chi connectivity index (χ0) is 26.7. The zero-order valence-electron chi connectivity index (χ0n) is 21.6. The molecular formula is C33H32O6. The van der Waals surface area contributed by atoms with Crippen LogP contribution in [0, 0.1) is 0 Å². The number of esters is 1. The largest absolute Gasteiger partial charge is 0.431 e. The molecule has 5 rings (SSSR count). The molecule has 0 aliphatic carbocycles. The number of carbonyl (C=O) groups excluding carboxylic acids is 1. The molecule has 1 aliphatic rings. The summed E-state index contributed by atoms with van der Waals surface area (Å²) in [5.41, 5.74) is 3.86. The van der Waals surface area contributed by atoms with Gasteiger partial charge in [-0.2, -0.15) is 0 Å². The van der Waals surface area contributed by atoms with Gasteiger partial charge in [0, 0.05) is 0 Å². The minimum Gasteiger partial charge on any atom is -0.431 e. The average Bonchev–Trinajstić information content (AvgIpc) is 3.00. The Labute approximate surface area is 229 Å². The fourth-order valence-corrected chi connectivity index (χ4v) is 4.40. The van der Waals surface area contributed by atoms with Crippen LogP contribution in [0.25, 0.3) is 0 Å². The monoisotopic (exact) mass is 524 g/mol. The fourth-order valence-electron chi connectivity index (χ4n) is 4.40. The van der Waals surface area contributed by atoms with Crippen molar-refractivity contribution >= 4 is 5.97 Å². The topological polar surface area (TPSA) is 63.2 Å². The molecule has 1 heterocycles. The van der Waals surface area contributed by atoms with Crippen molar-refractivity contribution in [1.82, 2.24) is 0 Å². The molecule has 0 aromatic heterocycles. The molecule has 4 atom stereocenters. The van der Waals surface area contributed by atoms with Crippen molar-refractivity contribution in [3.63, 3.8) is 0 Å². The van der Waals surface area contributed by atoms with E-state index in [1.807, 2.05) is 121 Å². The summed E-state index contributed by atoms with van der Waals surface area (Å²) in [5, 5.41) is 0. The van der Waals surface area contributed by atoms with Crippen molar-refractivity contribution in [3.05, 3.63) is 144 Å². The molecule has 4 aromatic carbocycles. The Morgan fingerprint density at radius 2 is 0.821 bits per heavy atom. The molecule has 1 aliphatic heterocycles. The molecule has 39 heavy (non-hydrogen) atoms. The van der Waals surface area contributed by atoms with Gasteiger partial charge in [0.05, 0.1) is 26.4 Å². The molecule has 6 nitrogen and oxygen atoms in total. The molecule has 0 saturated carbocycles. The highest BCUT2D eigenvalue weighted by Gasteiger charge is 2.49. The van der Waals surface area contributed by atoms with Gasteiger partial charge in [0.15, 0.2) is 6.10 Å². The predicted molar refractivity (Wildman–Crippen MR) is 146 cm³/mol. The van der Waals surface area contributed by atoms with Gasteiger partial charge >= 0.3 is 5.97 Å². The van der Waals surface area contributed by atoms with E-state index >= 15 is 0 Å². The van der Waals surface area contributed by atoms with E-state index in [1.165, 1.54) is 0 Å². The Morgan fingerprint density at radius 3 is 1.26 bits per heavy atom. The standard InChI is InChI=1S/C33H32O6/c34-32-30(36-22-26-15-7-2-8-16-26)29(35-21-25-13-5-1-6-14-25)31(37-23-27-17-9-3-10-18-27)33(39-32)38-24-28-19-11-4-12-20-28/h1-20,29-31,33H,21-24H2/t29-,30-,31-,33+/m1/s1. The number of carbonyl (C=O) groups is 1. The summed E-state index contributed by atoms with van der Waals surface area (Å²) in [7, 11) is 0. The molecule has 0 unspecified atom stereocenters. The molecule has 0 N–H and O–H groups in total. The van der Waals surface area contributed by atoms with Gasteiger partial charge in [-0.15, -0.1) is 0 Å². The van der Waals surface area contributed by atoms with Crippen LogP contribution in [-0.4, -0.2) is 30.6 Å². The van der Waals surface area contributed by atoms with Crippen LogP contribution in [0.4, 0.5) is 0 Å². The van der Waals surface area contributed by atoms with Gasteiger partial charge in [0.2, 0.25) is 6.29 Å². The third-order valence-electron chi connectivity index (χ3n) is 6.46. The van der Waals surface area contributed by atoms with Crippen molar-refractivity contribution in [2.75, 3.05) is 0 Å². The van der Waals surface area contributed by atoms with Crippen LogP contribution in [0.5, 0.6) is 0 Å². The predicted octanol–water partition coefficient (Wildman–Crippen LogP) is 5.84. The minimum absolute atomic E-state index is 0.229. The first-order valence-corrected chi connectivity index (χ1v) is 13.1. The molecule has 0 bridgehead atoms. The number of hydrogen-bond acceptors (Lipinski definition) is 6. The Bertz CT molecular complexity index is 1270. The summed E-state index contributed by atoms with van der Waals surface area (Å²) in [4.78, 5) is 13.3. The number of rotatable bonds is 12. The summed E-state index contributed by atoms with van der Waals surface area (Å²) in [6.45, 7) is 1.06. The van der Waals surface area contributed by atoms with Crippen LogP contribution in [0.15, 0.2) is 121 Å². The van der Waals surface area contributed by atoms with E-state index in [2.05, 4.69) is 0 Å². The van der Waals surface area contributed by atoms with E-state index in [4.69, 9.17) is 23.7 Å². The lowest BCUT2D eigenvalue weighted by Crippen LogP contribution is -2.59. The Kier molecular flexibility index (Phi) is 9.50. The van der Waals surface area contributed by atoms with E-state index in [0.29, 0.717) is 6.61 Å². The lowest BCUT2D eigenvalue weighted by Gasteiger charge is -2.40. The number of hydrogen-bond donors (Lipinski definition) is 0. The van der Waals surface area contributed by atoms with Crippen molar-refractivity contribution < 1.29 is 28.5 Å². The van der Waals surface area contributed by atoms with Gasteiger partial charge < -0.3 is 23.7 Å². The van der Waals surface area contributed by atoms with E-state index < -0.39 is 30.6 Å². The molecule has 6 heteroatoms. The molecule has 1 fully saturated rings. The SMILES string of the molecule is O=C1O[C@H](OCc2ccccc2)[C@H](OCc2ccccc2)[C@H](OCc2ccccc2)[C@H]1OCc1ccccc1. The normalized spacial score (nSPS) is 20.9. The third-order valence-corrected chi connectivity index (χ3v) is 6.46. The molecule has 0 amide bonds. The highest BCUT2D eigenvalue weighted by atomic mass is 16.7. The molecule has 4 aromatic rings. The van der Waals surface area contributed by atoms with E-state index in [-0.39, 0.29) is 19.8 Å². The number of cyclic esters (lactones) is 1. The van der Waals surface area contributed by atoms with Gasteiger partial charge in [0.25, 0.3) is 0 Å². The Morgan fingerprint density at radius 1 is 0.462 bits per heavy atom. The van der Waals surface area contributed by atoms with Crippen LogP contribution in [0.3, 0.4) is 0 Å². The average molecular weight is 525 g/mol. The molecule has 200 valence electrons. The smallest absolute Gasteiger partial charge is 0.340 e. The van der Waals surface area contributed by atoms with Gasteiger partial charge in [-0.3, -0.25) is 0 Å². The third kappa shape index (κ3) is 7.62. The lowest BCUT2D eigenvalue weighted by molar-refractivity contribution is -0.283. The molecule has 1 saturated heterocycles. The van der Waals surface area contributed by atoms with Crippen LogP contribution in [0.2, 0.25) is 0 Å². The first-order valence-electron chi connectivity index (χ1n) is 13.1. The molecule has 0 radical (unpaired) electrons. The summed E-state index contributed by atoms with van der Waals surface area (Å²) >= 11 is 0. The van der Waals surface area contributed by atoms with Crippen LogP contribution in [-0.2, 0) is 54.9 Å². The molecule has 0 spiro atoms. The maximum absolute atomic E-state index is 13.3. The van der Waals surface area contributed by atoms with Gasteiger partial charge in [-0.05, 0) is 22.3 Å². The minimum atomic E-state index is -0.994. The first-order chi connectivity index (χ1) is 19.3. The van der Waals surface area contributed by atoms with Gasteiger partial charge in [0.1, 0.15) is 12.2 Å². The fraction of sp³-hybridized carbons (Fsp3) is 0.242. The highest BCUT2D eigenvalue weighted by Crippen LogP contribution is 2.29. The van der Waals surface area contributed by atoms with E-state index in [1.54, 1.807) is 0 Å². The lowest BCUT2D eigenvalue weighted by atomic mass is 10.0. The summed E-state index contributed by atoms with van der Waals surface area (Å²) in [6, 6.07) is 39.1. The first kappa shape index (κ1) is 26.8. The number of benzene rings is 4. The molecular weight excluding hydrogens is 492 g/mol. The summed E-state index contributed by atoms with van der Waals surface area (Å²) in [5.74, 6) is -0.540. The maximum Gasteiger partial charge on any atom is 0.340 e. The second-order valence-electron chi connectivity index (χ2n) is 9.34. The van der Waals surface area contributed by atoms with Crippen molar-refractivity contribution in [1.29, 1.82) is 0 Å². The zero-order valence-corrected chi connectivity index (χ0v) is 21.6. The van der Waals surface area contributed by atoms with E-state index in [9.17, 15) is 4.79 Å². The quantitative estimate of drug-likeness (QED) is 0.217. The van der Waals surface area contributed by atoms with Crippen LogP contribution >= 0.6 is 0 Å². The van der Waals surface area contributed by atoms with Crippen molar-refractivity contribution in [2.24, 2.45) is 0 Å². The van der Waals surface area contributed by atoms with Crippen molar-refractivity contribution in [2.45, 2.75) is 51.0 Å². The Balaban J connectivity index is 1.39. The van der Waals surface area contributed by atoms with Crippen molar-refractivity contribution in [3.8, 4) is 0 Å². The second-order valence-corrected chi connectivity index (χ2v) is 9.34. The summed E-state index contributed by atoms with van der Waals surface area (Å²) < 4.78 is 30.9.